The lowest BCUT2D eigenvalue weighted by Gasteiger charge is -2.07. The zero-order valence-corrected chi connectivity index (χ0v) is 18.0. The van der Waals surface area contributed by atoms with E-state index in [0.717, 1.165) is 21.7 Å². The lowest BCUT2D eigenvalue weighted by molar-refractivity contribution is -0.116. The van der Waals surface area contributed by atoms with Crippen molar-refractivity contribution >= 4 is 33.2 Å². The zero-order valence-electron chi connectivity index (χ0n) is 16.4. The van der Waals surface area contributed by atoms with Gasteiger partial charge < -0.3 is 5.32 Å². The average Bonchev–Trinajstić information content (AvgIpc) is 3.45. The van der Waals surface area contributed by atoms with Crippen LogP contribution in [0.2, 0.25) is 0 Å². The van der Waals surface area contributed by atoms with Gasteiger partial charge in [-0.15, -0.1) is 11.3 Å². The molecular formula is C22H23N3O3S2. The quantitative estimate of drug-likeness (QED) is 0.571. The van der Waals surface area contributed by atoms with E-state index in [0.29, 0.717) is 19.5 Å². The number of nitrogens with one attached hydrogen (secondary N) is 1. The average molecular weight is 442 g/mol. The van der Waals surface area contributed by atoms with Crippen molar-refractivity contribution in [3.05, 3.63) is 71.2 Å². The van der Waals surface area contributed by atoms with E-state index in [2.05, 4.69) is 17.4 Å². The minimum Gasteiger partial charge on any atom is -0.352 e. The number of aromatic nitrogens is 2. The Bertz CT molecular complexity index is 1130. The molecule has 0 spiro atoms. The highest BCUT2D eigenvalue weighted by Gasteiger charge is 2.27. The molecule has 1 aliphatic heterocycles. The van der Waals surface area contributed by atoms with Crippen LogP contribution in [0.1, 0.15) is 17.5 Å². The van der Waals surface area contributed by atoms with Gasteiger partial charge >= 0.3 is 0 Å². The van der Waals surface area contributed by atoms with Gasteiger partial charge in [-0.2, -0.15) is 5.10 Å². The molecule has 156 valence electrons. The van der Waals surface area contributed by atoms with Crippen molar-refractivity contribution in [2.45, 2.75) is 13.0 Å². The maximum Gasteiger partial charge on any atom is 0.244 e. The number of hydrogen-bond acceptors (Lipinski definition) is 5. The third-order valence-electron chi connectivity index (χ3n) is 5.04. The van der Waals surface area contributed by atoms with Crippen LogP contribution in [0.15, 0.2) is 60.1 Å². The van der Waals surface area contributed by atoms with Crippen molar-refractivity contribution in [3.8, 4) is 10.6 Å². The maximum atomic E-state index is 12.3. The molecule has 3 aromatic rings. The molecule has 3 heterocycles. The van der Waals surface area contributed by atoms with E-state index in [1.807, 2.05) is 46.6 Å². The number of benzene rings is 1. The lowest BCUT2D eigenvalue weighted by atomic mass is 10.1. The number of thiophene rings is 1. The summed E-state index contributed by atoms with van der Waals surface area (Å²) < 4.78 is 25.0. The van der Waals surface area contributed by atoms with Gasteiger partial charge in [0.1, 0.15) is 5.69 Å². The summed E-state index contributed by atoms with van der Waals surface area (Å²) in [5.41, 5.74) is 2.86. The predicted molar refractivity (Wildman–Crippen MR) is 120 cm³/mol. The number of rotatable bonds is 7. The molecule has 1 aliphatic rings. The molecule has 6 nitrogen and oxygen atoms in total. The van der Waals surface area contributed by atoms with Crippen LogP contribution in [-0.4, -0.2) is 42.2 Å². The molecule has 1 N–H and O–H groups in total. The first-order valence-corrected chi connectivity index (χ1v) is 12.5. The molecule has 1 saturated heterocycles. The van der Waals surface area contributed by atoms with Crippen LogP contribution in [0, 0.1) is 5.92 Å². The summed E-state index contributed by atoms with van der Waals surface area (Å²) in [4.78, 5) is 13.3. The SMILES string of the molecule is O=C(/C=C/c1cn(Cc2ccccc2)nc1-c1cccs1)NCC1CCS(=O)(=O)C1. The van der Waals surface area contributed by atoms with Gasteiger partial charge in [0.2, 0.25) is 5.91 Å². The number of sulfone groups is 1. The van der Waals surface area contributed by atoms with Gasteiger partial charge in [-0.05, 0) is 35.4 Å². The fourth-order valence-electron chi connectivity index (χ4n) is 3.52. The van der Waals surface area contributed by atoms with Crippen molar-refractivity contribution in [2.24, 2.45) is 5.92 Å². The van der Waals surface area contributed by atoms with Gasteiger partial charge in [0, 0.05) is 24.4 Å². The molecule has 8 heteroatoms. The van der Waals surface area contributed by atoms with Gasteiger partial charge in [-0.3, -0.25) is 9.48 Å². The molecule has 0 radical (unpaired) electrons. The third-order valence-corrected chi connectivity index (χ3v) is 7.75. The highest BCUT2D eigenvalue weighted by atomic mass is 32.2. The highest BCUT2D eigenvalue weighted by Crippen LogP contribution is 2.27. The Morgan fingerprint density at radius 2 is 2.07 bits per heavy atom. The first-order chi connectivity index (χ1) is 14.5. The summed E-state index contributed by atoms with van der Waals surface area (Å²) in [5.74, 6) is 0.148. The number of carbonyl (C=O) groups is 1. The minimum absolute atomic E-state index is 0.00246. The molecule has 30 heavy (non-hydrogen) atoms. The Hall–Kier alpha value is -2.71. The molecule has 0 bridgehead atoms. The Balaban J connectivity index is 1.46. The molecular weight excluding hydrogens is 418 g/mol. The van der Waals surface area contributed by atoms with E-state index in [9.17, 15) is 13.2 Å². The van der Waals surface area contributed by atoms with Gasteiger partial charge in [-0.1, -0.05) is 36.4 Å². The first-order valence-electron chi connectivity index (χ1n) is 9.80. The molecule has 2 aromatic heterocycles. The van der Waals surface area contributed by atoms with Crippen LogP contribution in [-0.2, 0) is 21.2 Å². The van der Waals surface area contributed by atoms with Gasteiger partial charge in [0.05, 0.1) is 22.9 Å². The van der Waals surface area contributed by atoms with Gasteiger partial charge in [-0.25, -0.2) is 8.42 Å². The van der Waals surface area contributed by atoms with E-state index in [1.165, 1.54) is 6.08 Å². The number of hydrogen-bond donors (Lipinski definition) is 1. The molecule has 4 rings (SSSR count). The van der Waals surface area contributed by atoms with Gasteiger partial charge in [0.25, 0.3) is 0 Å². The Labute approximate surface area is 180 Å². The second-order valence-electron chi connectivity index (χ2n) is 7.44. The van der Waals surface area contributed by atoms with E-state index in [1.54, 1.807) is 17.4 Å². The monoisotopic (exact) mass is 441 g/mol. The molecule has 1 fully saturated rings. The minimum atomic E-state index is -2.93. The van der Waals surface area contributed by atoms with Crippen LogP contribution in [0.3, 0.4) is 0 Å². The van der Waals surface area contributed by atoms with Crippen molar-refractivity contribution in [1.82, 2.24) is 15.1 Å². The van der Waals surface area contributed by atoms with E-state index in [-0.39, 0.29) is 23.3 Å². The van der Waals surface area contributed by atoms with Crippen LogP contribution in [0.25, 0.3) is 16.6 Å². The zero-order chi connectivity index (χ0) is 21.0. The Morgan fingerprint density at radius 3 is 2.77 bits per heavy atom. The third kappa shape index (κ3) is 5.25. The topological polar surface area (TPSA) is 81.1 Å². The number of carbonyl (C=O) groups excluding carboxylic acids is 1. The van der Waals surface area contributed by atoms with Crippen LogP contribution < -0.4 is 5.32 Å². The lowest BCUT2D eigenvalue weighted by Crippen LogP contribution is -2.28. The predicted octanol–water partition coefficient (Wildman–Crippen LogP) is 3.22. The van der Waals surface area contributed by atoms with Crippen molar-refractivity contribution in [3.63, 3.8) is 0 Å². The summed E-state index contributed by atoms with van der Waals surface area (Å²) in [7, 11) is -2.93. The molecule has 1 unspecified atom stereocenters. The van der Waals surface area contributed by atoms with Gasteiger partial charge in [0.15, 0.2) is 9.84 Å². The smallest absolute Gasteiger partial charge is 0.244 e. The van der Waals surface area contributed by atoms with E-state index >= 15 is 0 Å². The fourth-order valence-corrected chi connectivity index (χ4v) is 6.11. The second-order valence-corrected chi connectivity index (χ2v) is 10.6. The van der Waals surface area contributed by atoms with Crippen LogP contribution in [0.4, 0.5) is 0 Å². The van der Waals surface area contributed by atoms with Crippen molar-refractivity contribution < 1.29 is 13.2 Å². The van der Waals surface area contributed by atoms with E-state index < -0.39 is 9.84 Å². The van der Waals surface area contributed by atoms with Crippen LogP contribution in [0.5, 0.6) is 0 Å². The second kappa shape index (κ2) is 8.97. The summed E-state index contributed by atoms with van der Waals surface area (Å²) in [6, 6.07) is 14.1. The molecule has 0 aliphatic carbocycles. The number of nitrogens with zero attached hydrogens (tertiary/aromatic N) is 2. The summed E-state index contributed by atoms with van der Waals surface area (Å²) in [5, 5.41) is 9.55. The van der Waals surface area contributed by atoms with Crippen molar-refractivity contribution in [1.29, 1.82) is 0 Å². The number of amides is 1. The molecule has 1 aromatic carbocycles. The van der Waals surface area contributed by atoms with E-state index in [4.69, 9.17) is 5.10 Å². The molecule has 1 atom stereocenters. The first kappa shape index (κ1) is 20.6. The highest BCUT2D eigenvalue weighted by molar-refractivity contribution is 7.91. The van der Waals surface area contributed by atoms with Crippen LogP contribution >= 0.6 is 11.3 Å². The Morgan fingerprint density at radius 1 is 1.23 bits per heavy atom. The van der Waals surface area contributed by atoms with Crippen molar-refractivity contribution in [2.75, 3.05) is 18.1 Å². The summed E-state index contributed by atoms with van der Waals surface area (Å²) in [6.07, 6.45) is 5.81. The molecule has 1 amide bonds. The largest absolute Gasteiger partial charge is 0.352 e. The summed E-state index contributed by atoms with van der Waals surface area (Å²) >= 11 is 1.60. The molecule has 0 saturated carbocycles. The maximum absolute atomic E-state index is 12.3. The fraction of sp³-hybridized carbons (Fsp3) is 0.273. The summed E-state index contributed by atoms with van der Waals surface area (Å²) in [6.45, 7) is 1.03. The Kier molecular flexibility index (Phi) is 6.15. The normalized spacial score (nSPS) is 18.1. The standard InChI is InChI=1S/C22H23N3O3S2/c26-21(23-13-18-10-12-30(27,28)16-18)9-8-19-15-25(14-17-5-2-1-3-6-17)24-22(19)20-7-4-11-29-20/h1-9,11,15,18H,10,12-14,16H2,(H,23,26)/b9-8+.